The Hall–Kier alpha value is -3.69. The van der Waals surface area contributed by atoms with Crippen molar-refractivity contribution in [3.63, 3.8) is 0 Å². The van der Waals surface area contributed by atoms with Crippen molar-refractivity contribution in [2.24, 2.45) is 4.99 Å². The number of nitrogens with zero attached hydrogens (tertiary/aromatic N) is 4. The van der Waals surface area contributed by atoms with E-state index in [1.54, 1.807) is 13.0 Å². The number of aliphatic imine (C=N–C) groups is 1. The van der Waals surface area contributed by atoms with Crippen LogP contribution in [0.25, 0.3) is 22.4 Å². The Morgan fingerprint density at radius 2 is 1.88 bits per heavy atom. The Morgan fingerprint density at radius 3 is 2.56 bits per heavy atom. The van der Waals surface area contributed by atoms with Crippen LogP contribution in [0.2, 0.25) is 0 Å². The van der Waals surface area contributed by atoms with Crippen LogP contribution in [0.4, 0.5) is 19.1 Å². The Bertz CT molecular complexity index is 1200. The van der Waals surface area contributed by atoms with Crippen LogP contribution in [0.3, 0.4) is 0 Å². The number of hydrogen-bond acceptors (Lipinski definition) is 7. The van der Waals surface area contributed by atoms with Gasteiger partial charge in [-0.2, -0.15) is 4.98 Å². The van der Waals surface area contributed by atoms with Crippen LogP contribution in [0, 0.1) is 12.7 Å². The number of rotatable bonds is 8. The molecule has 1 aliphatic heterocycles. The zero-order chi connectivity index (χ0) is 24.2. The van der Waals surface area contributed by atoms with E-state index < -0.39 is 12.2 Å². The molecule has 1 aliphatic rings. The average molecular weight is 471 g/mol. The number of nitrogen functional groups attached to an aromatic ring is 1. The minimum Gasteiger partial charge on any atom is -0.479 e. The number of pyridine rings is 1. The fourth-order valence-corrected chi connectivity index (χ4v) is 3.65. The molecule has 0 fully saturated rings. The average Bonchev–Trinajstić information content (AvgIpc) is 3.21. The number of hydrogen-bond donors (Lipinski definition) is 1. The normalized spacial score (nSPS) is 15.4. The smallest absolute Gasteiger partial charge is 0.280 e. The van der Waals surface area contributed by atoms with Crippen LogP contribution in [0.5, 0.6) is 5.88 Å². The maximum absolute atomic E-state index is 13.5. The number of aryl methyl sites for hydroxylation is 1. The molecule has 0 spiro atoms. The van der Waals surface area contributed by atoms with Crippen LogP contribution < -0.4 is 10.5 Å². The quantitative estimate of drug-likeness (QED) is 0.457. The summed E-state index contributed by atoms with van der Waals surface area (Å²) in [6.07, 6.45) is -1.57. The number of ether oxygens (including phenoxy) is 2. The molecule has 0 aliphatic carbocycles. The van der Waals surface area contributed by atoms with E-state index >= 15 is 0 Å². The van der Waals surface area contributed by atoms with Crippen molar-refractivity contribution in [3.05, 3.63) is 53.6 Å². The zero-order valence-electron chi connectivity index (χ0n) is 18.8. The number of anilines is 1. The molecule has 0 amide bonds. The lowest BCUT2D eigenvalue weighted by molar-refractivity contribution is 0.146. The van der Waals surface area contributed by atoms with Crippen molar-refractivity contribution in [3.8, 4) is 28.3 Å². The minimum absolute atomic E-state index is 0.0599. The van der Waals surface area contributed by atoms with Crippen LogP contribution in [0.1, 0.15) is 37.6 Å². The second kappa shape index (κ2) is 10.1. The summed E-state index contributed by atoms with van der Waals surface area (Å²) in [7, 11) is 0. The molecule has 10 heteroatoms. The van der Waals surface area contributed by atoms with Crippen LogP contribution in [-0.2, 0) is 4.74 Å². The first-order valence-electron chi connectivity index (χ1n) is 10.8. The maximum atomic E-state index is 13.5. The topological polar surface area (TPSA) is 95.5 Å². The molecule has 0 unspecified atom stereocenters. The predicted octanol–water partition coefficient (Wildman–Crippen LogP) is 5.15. The van der Waals surface area contributed by atoms with Gasteiger partial charge in [-0.3, -0.25) is 4.98 Å². The van der Waals surface area contributed by atoms with Gasteiger partial charge in [0.25, 0.3) is 6.43 Å². The van der Waals surface area contributed by atoms with Gasteiger partial charge in [-0.05, 0) is 62.2 Å². The first kappa shape index (κ1) is 23.5. The molecule has 34 heavy (non-hydrogen) atoms. The van der Waals surface area contributed by atoms with Gasteiger partial charge in [0.1, 0.15) is 18.1 Å². The predicted molar refractivity (Wildman–Crippen MR) is 122 cm³/mol. The monoisotopic (exact) mass is 471 g/mol. The Labute approximate surface area is 194 Å². The maximum Gasteiger partial charge on any atom is 0.280 e. The zero-order valence-corrected chi connectivity index (χ0v) is 18.8. The van der Waals surface area contributed by atoms with E-state index in [4.69, 9.17) is 15.2 Å². The van der Waals surface area contributed by atoms with Crippen molar-refractivity contribution in [2.75, 3.05) is 18.9 Å². The van der Waals surface area contributed by atoms with E-state index in [1.807, 2.05) is 6.92 Å². The lowest BCUT2D eigenvalue weighted by Crippen LogP contribution is -2.08. The van der Waals surface area contributed by atoms with E-state index in [0.717, 1.165) is 0 Å². The first-order chi connectivity index (χ1) is 16.3. The van der Waals surface area contributed by atoms with Gasteiger partial charge in [-0.15, -0.1) is 0 Å². The summed E-state index contributed by atoms with van der Waals surface area (Å²) in [6, 6.07) is 8.68. The largest absolute Gasteiger partial charge is 0.479 e. The lowest BCUT2D eigenvalue weighted by atomic mass is 9.99. The standard InChI is InChI=1S/C24H24F3N5O2/c1-13-10-16(11-18(29-13)22(26)27)20-21(15-5-7-17(25)8-6-15)31-24(28)32-23(20)33-9-3-4-19-30-14(2)12-34-19/h5-8,10-11,14,22H,3-4,9,12H2,1-2H3,(H2,28,31,32)/t14-/m1/s1. The second-order valence-corrected chi connectivity index (χ2v) is 7.98. The second-order valence-electron chi connectivity index (χ2n) is 7.98. The van der Waals surface area contributed by atoms with Crippen LogP contribution >= 0.6 is 0 Å². The van der Waals surface area contributed by atoms with Crippen molar-refractivity contribution >= 4 is 11.8 Å². The SMILES string of the molecule is Cc1cc(-c2c(OCCCC3=N[C@H](C)CO3)nc(N)nc2-c2ccc(F)cc2)cc(C(F)F)n1. The van der Waals surface area contributed by atoms with Crippen molar-refractivity contribution in [2.45, 2.75) is 39.2 Å². The number of nitrogens with two attached hydrogens (primary N) is 1. The van der Waals surface area contributed by atoms with Crippen LogP contribution in [0.15, 0.2) is 41.4 Å². The summed E-state index contributed by atoms with van der Waals surface area (Å²) in [6.45, 7) is 4.42. The fraction of sp³-hybridized carbons (Fsp3) is 0.333. The third kappa shape index (κ3) is 5.44. The molecule has 0 bridgehead atoms. The highest BCUT2D eigenvalue weighted by Crippen LogP contribution is 2.39. The molecule has 0 saturated heterocycles. The molecule has 7 nitrogen and oxygen atoms in total. The van der Waals surface area contributed by atoms with Crippen LogP contribution in [-0.4, -0.2) is 40.1 Å². The molecule has 4 rings (SSSR count). The highest BCUT2D eigenvalue weighted by Gasteiger charge is 2.22. The van der Waals surface area contributed by atoms with Gasteiger partial charge in [0.15, 0.2) is 5.90 Å². The lowest BCUT2D eigenvalue weighted by Gasteiger charge is -2.16. The fourth-order valence-electron chi connectivity index (χ4n) is 3.65. The van der Waals surface area contributed by atoms with Gasteiger partial charge >= 0.3 is 0 Å². The van der Waals surface area contributed by atoms with Crippen molar-refractivity contribution < 1.29 is 22.6 Å². The molecule has 2 aromatic heterocycles. The summed E-state index contributed by atoms with van der Waals surface area (Å²) in [5.74, 6) is 0.335. The Kier molecular flexibility index (Phi) is 6.95. The summed E-state index contributed by atoms with van der Waals surface area (Å²) in [5, 5.41) is 0. The van der Waals surface area contributed by atoms with Gasteiger partial charge in [0, 0.05) is 17.7 Å². The van der Waals surface area contributed by atoms with E-state index in [0.29, 0.717) is 53.4 Å². The number of halogens is 3. The highest BCUT2D eigenvalue weighted by molar-refractivity contribution is 5.85. The summed E-state index contributed by atoms with van der Waals surface area (Å²) in [5.41, 5.74) is 7.61. The minimum atomic E-state index is -2.76. The number of benzene rings is 1. The van der Waals surface area contributed by atoms with Gasteiger partial charge in [-0.25, -0.2) is 23.1 Å². The highest BCUT2D eigenvalue weighted by atomic mass is 19.3. The Balaban J connectivity index is 1.73. The summed E-state index contributed by atoms with van der Waals surface area (Å²) < 4.78 is 52.0. The van der Waals surface area contributed by atoms with E-state index in [2.05, 4.69) is 19.9 Å². The molecule has 178 valence electrons. The van der Waals surface area contributed by atoms with E-state index in [9.17, 15) is 13.2 Å². The van der Waals surface area contributed by atoms with Gasteiger partial charge in [0.05, 0.1) is 23.9 Å². The van der Waals surface area contributed by atoms with E-state index in [1.165, 1.54) is 30.3 Å². The molecular weight excluding hydrogens is 447 g/mol. The summed E-state index contributed by atoms with van der Waals surface area (Å²) in [4.78, 5) is 16.9. The third-order valence-corrected chi connectivity index (χ3v) is 5.13. The van der Waals surface area contributed by atoms with E-state index in [-0.39, 0.29) is 30.2 Å². The molecule has 1 atom stereocenters. The van der Waals surface area contributed by atoms with Gasteiger partial charge in [-0.1, -0.05) is 0 Å². The van der Waals surface area contributed by atoms with Gasteiger partial charge in [0.2, 0.25) is 11.8 Å². The number of aromatic nitrogens is 3. The molecular formula is C24H24F3N5O2. The third-order valence-electron chi connectivity index (χ3n) is 5.13. The van der Waals surface area contributed by atoms with Crippen molar-refractivity contribution in [1.29, 1.82) is 0 Å². The number of alkyl halides is 2. The molecule has 2 N–H and O–H groups in total. The molecule has 1 aromatic carbocycles. The van der Waals surface area contributed by atoms with Gasteiger partial charge < -0.3 is 15.2 Å². The van der Waals surface area contributed by atoms with Crippen molar-refractivity contribution in [1.82, 2.24) is 15.0 Å². The molecule has 0 saturated carbocycles. The molecule has 0 radical (unpaired) electrons. The summed E-state index contributed by atoms with van der Waals surface area (Å²) >= 11 is 0. The molecule has 3 aromatic rings. The molecule has 3 heterocycles. The Morgan fingerprint density at radius 1 is 1.12 bits per heavy atom. The first-order valence-corrected chi connectivity index (χ1v) is 10.8.